The van der Waals surface area contributed by atoms with Crippen LogP contribution in [0, 0.1) is 6.10 Å². The molecule has 1 N–H and O–H groups in total. The molecule has 0 atom stereocenters. The van der Waals surface area contributed by atoms with Crippen LogP contribution in [0.4, 0.5) is 0 Å². The van der Waals surface area contributed by atoms with E-state index in [1.807, 2.05) is 13.8 Å². The second kappa shape index (κ2) is 6.99. The first-order valence-corrected chi connectivity index (χ1v) is 3.51. The van der Waals surface area contributed by atoms with E-state index < -0.39 is 0 Å². The van der Waals surface area contributed by atoms with Gasteiger partial charge >= 0.3 is 0 Å². The molecule has 0 amide bonds. The molecule has 0 saturated carbocycles. The minimum atomic E-state index is -0.0478. The van der Waals surface area contributed by atoms with E-state index in [1.54, 1.807) is 0 Å². The van der Waals surface area contributed by atoms with Crippen LogP contribution in [0.5, 0.6) is 0 Å². The van der Waals surface area contributed by atoms with Gasteiger partial charge in [-0.1, -0.05) is 0 Å². The van der Waals surface area contributed by atoms with Crippen molar-refractivity contribution in [2.45, 2.75) is 13.8 Å². The molecule has 0 rings (SSSR count). The normalized spacial score (nSPS) is 10.8. The molecule has 0 fully saturated rings. The van der Waals surface area contributed by atoms with Crippen LogP contribution in [0.1, 0.15) is 13.8 Å². The lowest BCUT2D eigenvalue weighted by molar-refractivity contribution is 0.0345. The Labute approximate surface area is 62.0 Å². The summed E-state index contributed by atoms with van der Waals surface area (Å²) < 4.78 is 10.1. The molecule has 0 aromatic rings. The predicted octanol–water partition coefficient (Wildman–Crippen LogP) is 0.584. The van der Waals surface area contributed by atoms with Crippen LogP contribution in [-0.4, -0.2) is 31.5 Å². The molecule has 0 aliphatic rings. The first kappa shape index (κ1) is 9.88. The van der Waals surface area contributed by atoms with Crippen LogP contribution in [0.25, 0.3) is 0 Å². The van der Waals surface area contributed by atoms with Crippen molar-refractivity contribution in [3.63, 3.8) is 0 Å². The lowest BCUT2D eigenvalue weighted by Crippen LogP contribution is -2.15. The summed E-state index contributed by atoms with van der Waals surface area (Å²) >= 11 is 0. The van der Waals surface area contributed by atoms with Gasteiger partial charge in [-0.15, -0.1) is 0 Å². The topological polar surface area (TPSA) is 38.7 Å². The van der Waals surface area contributed by atoms with Crippen molar-refractivity contribution >= 4 is 0 Å². The molecule has 0 unspecified atom stereocenters. The van der Waals surface area contributed by atoms with Crippen LogP contribution in [0.2, 0.25) is 0 Å². The Hall–Kier alpha value is -0.120. The lowest BCUT2D eigenvalue weighted by atomic mass is 10.4. The van der Waals surface area contributed by atoms with Crippen molar-refractivity contribution in [3.05, 3.63) is 6.10 Å². The highest BCUT2D eigenvalue weighted by Crippen LogP contribution is 2.00. The van der Waals surface area contributed by atoms with Crippen LogP contribution < -0.4 is 0 Å². The predicted molar refractivity (Wildman–Crippen MR) is 38.4 cm³/mol. The molecule has 10 heavy (non-hydrogen) atoms. The maximum absolute atomic E-state index is 8.64. The lowest BCUT2D eigenvalue weighted by Gasteiger charge is -2.11. The van der Waals surface area contributed by atoms with Gasteiger partial charge in [-0.2, -0.15) is 0 Å². The highest BCUT2D eigenvalue weighted by atomic mass is 16.5. The molecular formula is C7H15O3. The Morgan fingerprint density at radius 2 is 2.00 bits per heavy atom. The molecule has 0 aliphatic carbocycles. The second-order valence-corrected chi connectivity index (χ2v) is 1.77. The summed E-state index contributed by atoms with van der Waals surface area (Å²) in [6, 6.07) is 0. The summed E-state index contributed by atoms with van der Waals surface area (Å²) in [4.78, 5) is 0. The molecule has 0 aliphatic heterocycles. The fourth-order valence-electron chi connectivity index (χ4n) is 0.553. The van der Waals surface area contributed by atoms with Gasteiger partial charge in [0.2, 0.25) is 0 Å². The standard InChI is InChI=1S/C7H15O3/c1-3-9-6-7(5-8)10-4-2/h8H,3-6H2,1-2H3. The van der Waals surface area contributed by atoms with Gasteiger partial charge in [0.05, 0.1) is 13.2 Å². The average Bonchev–Trinajstić information content (AvgIpc) is 1.98. The third-order valence-electron chi connectivity index (χ3n) is 0.992. The van der Waals surface area contributed by atoms with Crippen molar-refractivity contribution in [3.8, 4) is 0 Å². The molecule has 0 aromatic heterocycles. The van der Waals surface area contributed by atoms with Crippen molar-refractivity contribution in [1.29, 1.82) is 0 Å². The minimum absolute atomic E-state index is 0.0478. The molecule has 0 saturated heterocycles. The fraction of sp³-hybridized carbons (Fsp3) is 0.857. The summed E-state index contributed by atoms with van der Waals surface area (Å²) in [5.41, 5.74) is 0. The second-order valence-electron chi connectivity index (χ2n) is 1.77. The molecule has 1 radical (unpaired) electrons. The van der Waals surface area contributed by atoms with E-state index in [1.165, 1.54) is 0 Å². The largest absolute Gasteiger partial charge is 0.393 e. The van der Waals surface area contributed by atoms with Crippen LogP contribution in [0.15, 0.2) is 0 Å². The van der Waals surface area contributed by atoms with E-state index in [9.17, 15) is 0 Å². The third kappa shape index (κ3) is 4.73. The summed E-state index contributed by atoms with van der Waals surface area (Å²) in [5, 5.41) is 8.64. The molecule has 0 aromatic carbocycles. The van der Waals surface area contributed by atoms with Gasteiger partial charge in [-0.05, 0) is 13.8 Å². The van der Waals surface area contributed by atoms with Gasteiger partial charge in [-0.3, -0.25) is 0 Å². The Morgan fingerprint density at radius 3 is 2.40 bits per heavy atom. The Balaban J connectivity index is 3.21. The monoisotopic (exact) mass is 147 g/mol. The number of aliphatic hydroxyl groups excluding tert-OH is 1. The van der Waals surface area contributed by atoms with Gasteiger partial charge < -0.3 is 14.6 Å². The highest BCUT2D eigenvalue weighted by Gasteiger charge is 2.06. The maximum atomic E-state index is 8.64. The van der Waals surface area contributed by atoms with E-state index in [4.69, 9.17) is 14.6 Å². The average molecular weight is 147 g/mol. The third-order valence-corrected chi connectivity index (χ3v) is 0.992. The Morgan fingerprint density at radius 1 is 1.30 bits per heavy atom. The fourth-order valence-corrected chi connectivity index (χ4v) is 0.553. The SMILES string of the molecule is CCOC[C](CO)OCC. The van der Waals surface area contributed by atoms with Crippen molar-refractivity contribution < 1.29 is 14.6 Å². The first-order valence-electron chi connectivity index (χ1n) is 3.51. The summed E-state index contributed by atoms with van der Waals surface area (Å²) in [6.45, 7) is 5.37. The Bertz CT molecular complexity index is 65.9. The van der Waals surface area contributed by atoms with E-state index >= 15 is 0 Å². The maximum Gasteiger partial charge on any atom is 0.148 e. The first-order chi connectivity index (χ1) is 4.85. The van der Waals surface area contributed by atoms with Gasteiger partial charge in [0, 0.05) is 13.2 Å². The number of hydrogen-bond acceptors (Lipinski definition) is 3. The van der Waals surface area contributed by atoms with Crippen molar-refractivity contribution in [1.82, 2.24) is 0 Å². The molecule has 0 spiro atoms. The van der Waals surface area contributed by atoms with E-state index in [0.29, 0.717) is 25.9 Å². The zero-order chi connectivity index (χ0) is 7.82. The number of rotatable bonds is 6. The number of aliphatic hydroxyl groups is 1. The zero-order valence-electron chi connectivity index (χ0n) is 6.59. The molecule has 0 bridgehead atoms. The van der Waals surface area contributed by atoms with E-state index in [2.05, 4.69) is 0 Å². The van der Waals surface area contributed by atoms with Gasteiger partial charge in [0.15, 0.2) is 0 Å². The van der Waals surface area contributed by atoms with Gasteiger partial charge in [-0.25, -0.2) is 0 Å². The van der Waals surface area contributed by atoms with E-state index in [0.717, 1.165) is 0 Å². The molecular weight excluding hydrogens is 132 g/mol. The molecule has 3 heteroatoms. The highest BCUT2D eigenvalue weighted by molar-refractivity contribution is 4.75. The molecule has 61 valence electrons. The van der Waals surface area contributed by atoms with Crippen molar-refractivity contribution in [2.24, 2.45) is 0 Å². The van der Waals surface area contributed by atoms with Crippen molar-refractivity contribution in [2.75, 3.05) is 26.4 Å². The van der Waals surface area contributed by atoms with Crippen LogP contribution >= 0.6 is 0 Å². The van der Waals surface area contributed by atoms with Gasteiger partial charge in [0.1, 0.15) is 6.10 Å². The minimum Gasteiger partial charge on any atom is -0.393 e. The Kier molecular flexibility index (Phi) is 6.91. The zero-order valence-corrected chi connectivity index (χ0v) is 6.59. The number of ether oxygens (including phenoxy) is 2. The summed E-state index contributed by atoms with van der Waals surface area (Å²) in [6.07, 6.45) is 0.601. The quantitative estimate of drug-likeness (QED) is 0.597. The summed E-state index contributed by atoms with van der Waals surface area (Å²) in [7, 11) is 0. The van der Waals surface area contributed by atoms with Crippen LogP contribution in [0.3, 0.4) is 0 Å². The van der Waals surface area contributed by atoms with Gasteiger partial charge in [0.25, 0.3) is 0 Å². The van der Waals surface area contributed by atoms with E-state index in [-0.39, 0.29) is 6.61 Å². The van der Waals surface area contributed by atoms with Crippen LogP contribution in [-0.2, 0) is 9.47 Å². The smallest absolute Gasteiger partial charge is 0.148 e. The summed E-state index contributed by atoms with van der Waals surface area (Å²) in [5.74, 6) is 0. The molecule has 3 nitrogen and oxygen atoms in total. The molecule has 0 heterocycles. The number of hydrogen-bond donors (Lipinski definition) is 1.